The molecule has 4 nitrogen and oxygen atoms in total. The van der Waals surface area contributed by atoms with E-state index in [0.717, 1.165) is 24.8 Å². The molecule has 0 bridgehead atoms. The number of carbonyl (C=O) groups excluding carboxylic acids is 1. The van der Waals surface area contributed by atoms with E-state index < -0.39 is 16.6 Å². The van der Waals surface area contributed by atoms with Gasteiger partial charge in [-0.2, -0.15) is 0 Å². The number of fused-ring (bicyclic) bond motifs is 1. The molecule has 0 unspecified atom stereocenters. The molecule has 4 fully saturated rings. The molecular formula is C39H66O4Si2. The zero-order valence-corrected chi connectivity index (χ0v) is 33.0. The van der Waals surface area contributed by atoms with Gasteiger partial charge in [0, 0.05) is 18.4 Å². The summed E-state index contributed by atoms with van der Waals surface area (Å²) in [6, 6.07) is 0. The molecule has 1 saturated heterocycles. The van der Waals surface area contributed by atoms with Gasteiger partial charge in [-0.15, -0.1) is 0 Å². The van der Waals surface area contributed by atoms with Gasteiger partial charge in [-0.25, -0.2) is 4.79 Å². The van der Waals surface area contributed by atoms with Crippen molar-refractivity contribution in [1.82, 2.24) is 0 Å². The predicted octanol–water partition coefficient (Wildman–Crippen LogP) is 11.1. The van der Waals surface area contributed by atoms with Crippen molar-refractivity contribution in [2.75, 3.05) is 0 Å². The third kappa shape index (κ3) is 7.76. The lowest BCUT2D eigenvalue weighted by atomic mass is 9.60. The van der Waals surface area contributed by atoms with E-state index >= 15 is 0 Å². The number of hydrogen-bond acceptors (Lipinski definition) is 4. The molecule has 1 heterocycles. The van der Waals surface area contributed by atoms with Crippen molar-refractivity contribution in [3.05, 3.63) is 47.6 Å². The third-order valence-corrected chi connectivity index (χ3v) is 22.2. The van der Waals surface area contributed by atoms with Crippen molar-refractivity contribution >= 4 is 22.6 Å². The lowest BCUT2D eigenvalue weighted by Gasteiger charge is -2.46. The van der Waals surface area contributed by atoms with Crippen LogP contribution in [0.5, 0.6) is 0 Å². The van der Waals surface area contributed by atoms with E-state index in [-0.39, 0.29) is 34.4 Å². The van der Waals surface area contributed by atoms with E-state index in [1.165, 1.54) is 37.7 Å². The Morgan fingerprint density at radius 1 is 0.978 bits per heavy atom. The Morgan fingerprint density at radius 3 is 2.18 bits per heavy atom. The number of rotatable bonds is 8. The minimum atomic E-state index is -1.99. The lowest BCUT2D eigenvalue weighted by Crippen LogP contribution is -2.49. The first-order valence-electron chi connectivity index (χ1n) is 17.9. The summed E-state index contributed by atoms with van der Waals surface area (Å²) in [7, 11) is -3.93. The molecule has 1 aliphatic heterocycles. The van der Waals surface area contributed by atoms with Gasteiger partial charge in [-0.3, -0.25) is 0 Å². The van der Waals surface area contributed by atoms with Crippen molar-refractivity contribution in [3.8, 4) is 0 Å². The van der Waals surface area contributed by atoms with Crippen molar-refractivity contribution in [3.63, 3.8) is 0 Å². The highest BCUT2D eigenvalue weighted by atomic mass is 28.4. The zero-order chi connectivity index (χ0) is 33.8. The molecule has 0 spiro atoms. The SMILES string of the molecule is C=C1C[C@H](C[C@@H](C)[C@H]2CC[C@H]3/C(=C/C=C4/C[C@@H](O[Si](C)(C)C(C)(C)C)C[C@H](O[Si](C)(C)C(C)(C)C)C4=C)CCC[C@]23C)OC1=O. The maximum Gasteiger partial charge on any atom is 0.333 e. The van der Waals surface area contributed by atoms with Gasteiger partial charge in [0.15, 0.2) is 16.6 Å². The Kier molecular flexibility index (Phi) is 10.6. The Bertz CT molecular complexity index is 1200. The highest BCUT2D eigenvalue weighted by Crippen LogP contribution is 2.60. The molecule has 0 aromatic heterocycles. The van der Waals surface area contributed by atoms with Crippen LogP contribution in [0.25, 0.3) is 0 Å². The van der Waals surface area contributed by atoms with E-state index in [2.05, 4.69) is 107 Å². The summed E-state index contributed by atoms with van der Waals surface area (Å²) in [5, 5.41) is 0.307. The average molecular weight is 655 g/mol. The first-order valence-corrected chi connectivity index (χ1v) is 23.7. The van der Waals surface area contributed by atoms with Crippen molar-refractivity contribution in [2.24, 2.45) is 23.2 Å². The second-order valence-electron chi connectivity index (χ2n) is 18.4. The van der Waals surface area contributed by atoms with E-state index in [0.29, 0.717) is 35.2 Å². The first kappa shape index (κ1) is 36.6. The summed E-state index contributed by atoms with van der Waals surface area (Å²) >= 11 is 0. The Hall–Kier alpha value is -1.22. The van der Waals surface area contributed by atoms with Gasteiger partial charge < -0.3 is 13.6 Å². The monoisotopic (exact) mass is 654 g/mol. The van der Waals surface area contributed by atoms with Crippen molar-refractivity contribution in [2.45, 2.75) is 168 Å². The van der Waals surface area contributed by atoms with Crippen LogP contribution in [0.3, 0.4) is 0 Å². The van der Waals surface area contributed by atoms with E-state index in [1.54, 1.807) is 5.57 Å². The van der Waals surface area contributed by atoms with Gasteiger partial charge in [-0.1, -0.05) is 86.3 Å². The molecule has 4 aliphatic rings. The maximum absolute atomic E-state index is 12.0. The number of cyclic esters (lactones) is 1. The largest absolute Gasteiger partial charge is 0.459 e. The molecule has 4 rings (SSSR count). The lowest BCUT2D eigenvalue weighted by molar-refractivity contribution is -0.139. The molecule has 0 radical (unpaired) electrons. The predicted molar refractivity (Wildman–Crippen MR) is 194 cm³/mol. The molecular weight excluding hydrogens is 589 g/mol. The van der Waals surface area contributed by atoms with Gasteiger partial charge in [0.1, 0.15) is 6.10 Å². The minimum Gasteiger partial charge on any atom is -0.459 e. The van der Waals surface area contributed by atoms with Crippen LogP contribution in [0.2, 0.25) is 36.3 Å². The maximum atomic E-state index is 12.0. The Balaban J connectivity index is 1.57. The standard InChI is InChI=1S/C39H66O4Si2/c1-26(22-31-23-27(2)36(40)41-31)33-19-20-34-29(16-15-21-39(33,34)10)17-18-30-24-32(42-44(11,12)37(4,5)6)25-35(28(30)3)43-45(13,14)38(7,8)9/h17-18,26,31-35H,2-3,15-16,19-25H2,1,4-14H3/b29-17+,30-18-/t26-,31+,32-,33-,34+,35+,39-/m1/s1. The molecule has 0 amide bonds. The fourth-order valence-corrected chi connectivity index (χ4v) is 11.0. The Labute approximate surface area is 278 Å². The summed E-state index contributed by atoms with van der Waals surface area (Å²) in [6.07, 6.45) is 14.8. The number of ether oxygens (including phenoxy) is 1. The highest BCUT2D eigenvalue weighted by molar-refractivity contribution is 6.74. The van der Waals surface area contributed by atoms with Crippen LogP contribution in [0.15, 0.2) is 47.6 Å². The summed E-state index contributed by atoms with van der Waals surface area (Å²) in [6.45, 7) is 37.0. The first-order chi connectivity index (χ1) is 20.6. The second kappa shape index (κ2) is 13.0. The van der Waals surface area contributed by atoms with Crippen molar-refractivity contribution in [1.29, 1.82) is 0 Å². The summed E-state index contributed by atoms with van der Waals surface area (Å²) < 4.78 is 19.8. The van der Waals surface area contributed by atoms with Crippen LogP contribution in [0, 0.1) is 23.2 Å². The van der Waals surface area contributed by atoms with Crippen LogP contribution in [-0.2, 0) is 18.4 Å². The zero-order valence-electron chi connectivity index (χ0n) is 31.0. The van der Waals surface area contributed by atoms with Crippen LogP contribution >= 0.6 is 0 Å². The topological polar surface area (TPSA) is 44.8 Å². The molecule has 0 aromatic carbocycles. The summed E-state index contributed by atoms with van der Waals surface area (Å²) in [5.41, 5.74) is 5.04. The number of esters is 1. The molecule has 254 valence electrons. The summed E-state index contributed by atoms with van der Waals surface area (Å²) in [5.74, 6) is 1.60. The van der Waals surface area contributed by atoms with E-state index in [4.69, 9.17) is 13.6 Å². The van der Waals surface area contributed by atoms with Gasteiger partial charge >= 0.3 is 5.97 Å². The highest BCUT2D eigenvalue weighted by Gasteiger charge is 2.51. The van der Waals surface area contributed by atoms with Gasteiger partial charge in [0.05, 0.1) is 12.2 Å². The number of carbonyl (C=O) groups is 1. The molecule has 0 N–H and O–H groups in total. The van der Waals surface area contributed by atoms with Crippen molar-refractivity contribution < 1.29 is 18.4 Å². The van der Waals surface area contributed by atoms with Crippen LogP contribution in [-0.4, -0.2) is 40.9 Å². The smallest absolute Gasteiger partial charge is 0.333 e. The summed E-state index contributed by atoms with van der Waals surface area (Å²) in [4.78, 5) is 12.0. The second-order valence-corrected chi connectivity index (χ2v) is 27.9. The normalized spacial score (nSPS) is 34.4. The van der Waals surface area contributed by atoms with Gasteiger partial charge in [-0.05, 0) is 116 Å². The molecule has 3 saturated carbocycles. The molecule has 45 heavy (non-hydrogen) atoms. The molecule has 3 aliphatic carbocycles. The Morgan fingerprint density at radius 2 is 1.60 bits per heavy atom. The third-order valence-electron chi connectivity index (χ3n) is 13.1. The van der Waals surface area contributed by atoms with Crippen LogP contribution in [0.4, 0.5) is 0 Å². The molecule has 0 aromatic rings. The minimum absolute atomic E-state index is 0.00581. The van der Waals surface area contributed by atoms with Crippen LogP contribution < -0.4 is 0 Å². The average Bonchev–Trinajstić information content (AvgIpc) is 3.41. The van der Waals surface area contributed by atoms with Crippen LogP contribution in [0.1, 0.15) is 113 Å². The van der Waals surface area contributed by atoms with E-state index in [1.807, 2.05) is 0 Å². The quantitative estimate of drug-likeness (QED) is 0.148. The van der Waals surface area contributed by atoms with Gasteiger partial charge in [0.25, 0.3) is 0 Å². The molecule has 6 heteroatoms. The number of allylic oxidation sites excluding steroid dienone is 3. The number of hydrogen-bond donors (Lipinski definition) is 0. The fraction of sp³-hybridized carbons (Fsp3) is 0.769. The fourth-order valence-electron chi connectivity index (χ4n) is 8.32. The van der Waals surface area contributed by atoms with E-state index in [9.17, 15) is 4.79 Å². The molecule has 7 atom stereocenters. The van der Waals surface area contributed by atoms with Gasteiger partial charge in [0.2, 0.25) is 0 Å².